The zero-order valence-electron chi connectivity index (χ0n) is 12.2. The van der Waals surface area contributed by atoms with Crippen LogP contribution in [0.15, 0.2) is 24.3 Å². The number of hydrogen-bond acceptors (Lipinski definition) is 5. The number of methoxy groups -OCH3 is 1. The summed E-state index contributed by atoms with van der Waals surface area (Å²) in [6, 6.07) is 7.95. The van der Waals surface area contributed by atoms with Gasteiger partial charge in [-0.3, -0.25) is 4.90 Å². The number of hydrogen-bond donors (Lipinski definition) is 1. The lowest BCUT2D eigenvalue weighted by molar-refractivity contribution is 0.298. The molecule has 0 amide bonds. The number of nitrogens with two attached hydrogens (primary N) is 1. The number of thiazole rings is 1. The molecule has 2 N–H and O–H groups in total. The molecule has 0 radical (unpaired) electrons. The average molecular weight is 291 g/mol. The first-order valence-corrected chi connectivity index (χ1v) is 7.61. The van der Waals surface area contributed by atoms with E-state index in [1.54, 1.807) is 18.4 Å². The fraction of sp³-hybridized carbons (Fsp3) is 0.400. The van der Waals surface area contributed by atoms with Crippen LogP contribution in [-0.2, 0) is 6.54 Å². The van der Waals surface area contributed by atoms with Gasteiger partial charge in [-0.1, -0.05) is 13.8 Å². The quantitative estimate of drug-likeness (QED) is 0.887. The third-order valence-electron chi connectivity index (χ3n) is 3.34. The molecule has 0 spiro atoms. The number of nitrogens with zero attached hydrogens (tertiary/aromatic N) is 2. The minimum atomic E-state index is 0.623. The largest absolute Gasteiger partial charge is 0.497 e. The predicted octanol–water partition coefficient (Wildman–Crippen LogP) is 3.24. The highest BCUT2D eigenvalue weighted by molar-refractivity contribution is 7.15. The van der Waals surface area contributed by atoms with E-state index in [-0.39, 0.29) is 0 Å². The van der Waals surface area contributed by atoms with Crippen LogP contribution >= 0.6 is 11.3 Å². The van der Waals surface area contributed by atoms with E-state index in [9.17, 15) is 0 Å². The Morgan fingerprint density at radius 3 is 2.40 bits per heavy atom. The van der Waals surface area contributed by atoms with Crippen molar-refractivity contribution in [3.63, 3.8) is 0 Å². The van der Waals surface area contributed by atoms with Crippen LogP contribution in [0.4, 0.5) is 5.13 Å². The molecule has 2 rings (SSSR count). The number of benzene rings is 1. The van der Waals surface area contributed by atoms with Crippen molar-refractivity contribution in [2.45, 2.75) is 20.4 Å². The minimum absolute atomic E-state index is 0.623. The molecular weight excluding hydrogens is 270 g/mol. The summed E-state index contributed by atoms with van der Waals surface area (Å²) in [5, 5.41) is 0.623. The molecule has 0 aliphatic carbocycles. The maximum absolute atomic E-state index is 5.90. The lowest BCUT2D eigenvalue weighted by Crippen LogP contribution is -2.21. The molecule has 2 aromatic rings. The first kappa shape index (κ1) is 14.8. The van der Waals surface area contributed by atoms with Crippen LogP contribution in [0.3, 0.4) is 0 Å². The molecular formula is C15H21N3OS. The molecule has 108 valence electrons. The Kier molecular flexibility index (Phi) is 4.98. The summed E-state index contributed by atoms with van der Waals surface area (Å²) < 4.78 is 5.19. The van der Waals surface area contributed by atoms with Crippen LogP contribution in [0.2, 0.25) is 0 Å². The molecule has 5 heteroatoms. The van der Waals surface area contributed by atoms with Gasteiger partial charge in [-0.2, -0.15) is 0 Å². The van der Waals surface area contributed by atoms with Crippen molar-refractivity contribution in [2.24, 2.45) is 0 Å². The Hall–Kier alpha value is -1.59. The Labute approximate surface area is 124 Å². The molecule has 1 heterocycles. The number of anilines is 1. The molecule has 0 unspecified atom stereocenters. The van der Waals surface area contributed by atoms with E-state index in [0.29, 0.717) is 5.13 Å². The lowest BCUT2D eigenvalue weighted by atomic mass is 10.1. The van der Waals surface area contributed by atoms with Gasteiger partial charge < -0.3 is 10.5 Å². The van der Waals surface area contributed by atoms with E-state index in [2.05, 4.69) is 23.7 Å². The maximum atomic E-state index is 5.90. The zero-order valence-corrected chi connectivity index (χ0v) is 13.0. The van der Waals surface area contributed by atoms with Crippen LogP contribution in [0.5, 0.6) is 5.75 Å². The van der Waals surface area contributed by atoms with E-state index in [1.165, 1.54) is 4.88 Å². The maximum Gasteiger partial charge on any atom is 0.180 e. The van der Waals surface area contributed by atoms with Gasteiger partial charge in [0.05, 0.1) is 12.8 Å². The van der Waals surface area contributed by atoms with Crippen molar-refractivity contribution >= 4 is 16.5 Å². The second-order valence-electron chi connectivity index (χ2n) is 4.51. The van der Waals surface area contributed by atoms with Crippen LogP contribution < -0.4 is 10.5 Å². The lowest BCUT2D eigenvalue weighted by Gasteiger charge is -2.17. The highest BCUT2D eigenvalue weighted by atomic mass is 32.1. The molecule has 0 aliphatic heterocycles. The first-order chi connectivity index (χ1) is 9.67. The van der Waals surface area contributed by atoms with Crippen molar-refractivity contribution in [1.82, 2.24) is 9.88 Å². The van der Waals surface area contributed by atoms with E-state index in [0.717, 1.165) is 36.6 Å². The summed E-state index contributed by atoms with van der Waals surface area (Å²) >= 11 is 1.57. The van der Waals surface area contributed by atoms with Crippen LogP contribution in [0, 0.1) is 0 Å². The first-order valence-electron chi connectivity index (χ1n) is 6.79. The molecule has 20 heavy (non-hydrogen) atoms. The van der Waals surface area contributed by atoms with Gasteiger partial charge in [-0.15, -0.1) is 11.3 Å². The summed E-state index contributed by atoms with van der Waals surface area (Å²) in [4.78, 5) is 8.07. The Morgan fingerprint density at radius 1 is 1.20 bits per heavy atom. The van der Waals surface area contributed by atoms with Gasteiger partial charge in [-0.05, 0) is 37.4 Å². The van der Waals surface area contributed by atoms with Crippen molar-refractivity contribution in [3.8, 4) is 17.0 Å². The van der Waals surface area contributed by atoms with Crippen LogP contribution in [0.25, 0.3) is 11.3 Å². The molecule has 0 atom stereocenters. The van der Waals surface area contributed by atoms with Crippen LogP contribution in [-0.4, -0.2) is 30.1 Å². The fourth-order valence-electron chi connectivity index (χ4n) is 2.10. The monoisotopic (exact) mass is 291 g/mol. The molecule has 0 aliphatic rings. The average Bonchev–Trinajstić information content (AvgIpc) is 2.85. The molecule has 0 saturated carbocycles. The molecule has 1 aromatic carbocycles. The van der Waals surface area contributed by atoms with Crippen molar-refractivity contribution in [3.05, 3.63) is 29.1 Å². The zero-order chi connectivity index (χ0) is 14.5. The summed E-state index contributed by atoms with van der Waals surface area (Å²) in [7, 11) is 1.67. The van der Waals surface area contributed by atoms with E-state index in [4.69, 9.17) is 10.5 Å². The Balaban J connectivity index is 2.30. The number of ether oxygens (including phenoxy) is 1. The van der Waals surface area contributed by atoms with E-state index >= 15 is 0 Å². The van der Waals surface area contributed by atoms with E-state index in [1.807, 2.05) is 24.3 Å². The summed E-state index contributed by atoms with van der Waals surface area (Å²) in [6.07, 6.45) is 0. The van der Waals surface area contributed by atoms with Gasteiger partial charge in [0.15, 0.2) is 5.13 Å². The predicted molar refractivity (Wildman–Crippen MR) is 85.1 cm³/mol. The Morgan fingerprint density at radius 2 is 1.85 bits per heavy atom. The van der Waals surface area contributed by atoms with Gasteiger partial charge in [0, 0.05) is 17.0 Å². The molecule has 0 fully saturated rings. The summed E-state index contributed by atoms with van der Waals surface area (Å²) in [5.74, 6) is 0.849. The number of aromatic nitrogens is 1. The van der Waals surface area contributed by atoms with Crippen molar-refractivity contribution < 1.29 is 4.74 Å². The van der Waals surface area contributed by atoms with Gasteiger partial charge in [0.1, 0.15) is 5.75 Å². The van der Waals surface area contributed by atoms with Crippen molar-refractivity contribution in [1.29, 1.82) is 0 Å². The summed E-state index contributed by atoms with van der Waals surface area (Å²) in [6.45, 7) is 7.28. The molecule has 0 bridgehead atoms. The second kappa shape index (κ2) is 6.72. The number of rotatable bonds is 6. The van der Waals surface area contributed by atoms with Gasteiger partial charge >= 0.3 is 0 Å². The standard InChI is InChI=1S/C15H21N3OS/c1-4-18(5-2)10-13-14(17-15(16)20-13)11-6-8-12(19-3)9-7-11/h6-9H,4-5,10H2,1-3H3,(H2,16,17). The minimum Gasteiger partial charge on any atom is -0.497 e. The van der Waals surface area contributed by atoms with E-state index < -0.39 is 0 Å². The highest BCUT2D eigenvalue weighted by Crippen LogP contribution is 2.31. The summed E-state index contributed by atoms with van der Waals surface area (Å²) in [5.41, 5.74) is 7.97. The molecule has 4 nitrogen and oxygen atoms in total. The SMILES string of the molecule is CCN(CC)Cc1sc(N)nc1-c1ccc(OC)cc1. The third kappa shape index (κ3) is 3.29. The Bertz CT molecular complexity index is 547. The van der Waals surface area contributed by atoms with Gasteiger partial charge in [0.2, 0.25) is 0 Å². The van der Waals surface area contributed by atoms with Gasteiger partial charge in [0.25, 0.3) is 0 Å². The highest BCUT2D eigenvalue weighted by Gasteiger charge is 2.14. The number of nitrogen functional groups attached to an aromatic ring is 1. The normalized spacial score (nSPS) is 11.0. The topological polar surface area (TPSA) is 51.4 Å². The molecule has 0 saturated heterocycles. The fourth-order valence-corrected chi connectivity index (χ4v) is 3.00. The van der Waals surface area contributed by atoms with Crippen molar-refractivity contribution in [2.75, 3.05) is 25.9 Å². The smallest absolute Gasteiger partial charge is 0.180 e. The third-order valence-corrected chi connectivity index (χ3v) is 4.21. The van der Waals surface area contributed by atoms with Gasteiger partial charge in [-0.25, -0.2) is 4.98 Å². The molecule has 1 aromatic heterocycles. The second-order valence-corrected chi connectivity index (χ2v) is 5.63. The van der Waals surface area contributed by atoms with Crippen LogP contribution in [0.1, 0.15) is 18.7 Å².